The van der Waals surface area contributed by atoms with E-state index < -0.39 is 0 Å². The number of nitrogen functional groups attached to an aromatic ring is 1. The van der Waals surface area contributed by atoms with E-state index in [0.717, 1.165) is 26.9 Å². The monoisotopic (exact) mass is 304 g/mol. The maximum Gasteiger partial charge on any atom is 0.127 e. The topological polar surface area (TPSA) is 59.1 Å². The molecule has 2 aromatic rings. The van der Waals surface area contributed by atoms with Crippen molar-refractivity contribution in [2.75, 3.05) is 7.11 Å². The van der Waals surface area contributed by atoms with E-state index in [0.29, 0.717) is 0 Å². The standard InChI is InChI=1S/C14H13BrN2O/c1-18-13-8-11(15)6-7-12(13)9-2-4-10(5-3-9)14(16)17/h2-8H,1H3,(H3,16,17). The molecule has 0 atom stereocenters. The van der Waals surface area contributed by atoms with Crippen LogP contribution in [0, 0.1) is 5.41 Å². The van der Waals surface area contributed by atoms with Gasteiger partial charge in [0.2, 0.25) is 0 Å². The number of rotatable bonds is 3. The van der Waals surface area contributed by atoms with Crippen LogP contribution in [0.15, 0.2) is 46.9 Å². The molecule has 3 nitrogen and oxygen atoms in total. The van der Waals surface area contributed by atoms with Crippen LogP contribution in [0.4, 0.5) is 0 Å². The summed E-state index contributed by atoms with van der Waals surface area (Å²) in [4.78, 5) is 0. The molecule has 2 aromatic carbocycles. The molecule has 0 aliphatic carbocycles. The Hall–Kier alpha value is -1.81. The van der Waals surface area contributed by atoms with Gasteiger partial charge in [0, 0.05) is 15.6 Å². The van der Waals surface area contributed by atoms with Gasteiger partial charge in [-0.15, -0.1) is 0 Å². The fraction of sp³-hybridized carbons (Fsp3) is 0.0714. The Kier molecular flexibility index (Phi) is 3.67. The summed E-state index contributed by atoms with van der Waals surface area (Å²) in [5.41, 5.74) is 8.19. The lowest BCUT2D eigenvalue weighted by Gasteiger charge is -2.09. The van der Waals surface area contributed by atoms with Crippen molar-refractivity contribution in [1.82, 2.24) is 0 Å². The normalized spacial score (nSPS) is 10.1. The number of ether oxygens (including phenoxy) is 1. The Bertz CT molecular complexity index is 579. The molecule has 0 unspecified atom stereocenters. The lowest BCUT2D eigenvalue weighted by atomic mass is 10.0. The highest BCUT2D eigenvalue weighted by Gasteiger charge is 2.06. The number of hydrogen-bond donors (Lipinski definition) is 2. The summed E-state index contributed by atoms with van der Waals surface area (Å²) in [6.07, 6.45) is 0. The third-order valence-electron chi connectivity index (χ3n) is 2.67. The Morgan fingerprint density at radius 1 is 1.17 bits per heavy atom. The average Bonchev–Trinajstić information content (AvgIpc) is 2.38. The molecule has 4 heteroatoms. The van der Waals surface area contributed by atoms with E-state index >= 15 is 0 Å². The van der Waals surface area contributed by atoms with Gasteiger partial charge in [-0.2, -0.15) is 0 Å². The first-order valence-corrected chi connectivity index (χ1v) is 6.19. The molecule has 0 bridgehead atoms. The second-order valence-corrected chi connectivity index (χ2v) is 4.75. The van der Waals surface area contributed by atoms with Gasteiger partial charge in [-0.25, -0.2) is 0 Å². The molecule has 3 N–H and O–H groups in total. The molecule has 0 saturated carbocycles. The molecular weight excluding hydrogens is 292 g/mol. The highest BCUT2D eigenvalue weighted by atomic mass is 79.9. The molecule has 0 fully saturated rings. The minimum Gasteiger partial charge on any atom is -0.496 e. The number of hydrogen-bond acceptors (Lipinski definition) is 2. The van der Waals surface area contributed by atoms with Crippen LogP contribution in [0.2, 0.25) is 0 Å². The van der Waals surface area contributed by atoms with E-state index in [9.17, 15) is 0 Å². The molecule has 0 amide bonds. The summed E-state index contributed by atoms with van der Waals surface area (Å²) in [6.45, 7) is 0. The number of nitrogens with one attached hydrogen (secondary N) is 1. The first-order chi connectivity index (χ1) is 8.61. The number of benzene rings is 2. The highest BCUT2D eigenvalue weighted by Crippen LogP contribution is 2.32. The van der Waals surface area contributed by atoms with E-state index in [2.05, 4.69) is 15.9 Å². The fourth-order valence-corrected chi connectivity index (χ4v) is 2.07. The Morgan fingerprint density at radius 2 is 1.83 bits per heavy atom. The van der Waals surface area contributed by atoms with Crippen molar-refractivity contribution in [3.05, 3.63) is 52.5 Å². The molecule has 0 spiro atoms. The third kappa shape index (κ3) is 2.54. The van der Waals surface area contributed by atoms with Crippen molar-refractivity contribution >= 4 is 21.8 Å². The maximum absolute atomic E-state index is 7.36. The minimum atomic E-state index is 0.0734. The molecule has 0 saturated heterocycles. The molecule has 0 aromatic heterocycles. The zero-order valence-corrected chi connectivity index (χ0v) is 11.5. The number of halogens is 1. The Labute approximate surface area is 114 Å². The maximum atomic E-state index is 7.36. The molecule has 0 heterocycles. The first-order valence-electron chi connectivity index (χ1n) is 5.40. The zero-order chi connectivity index (χ0) is 13.1. The lowest BCUT2D eigenvalue weighted by molar-refractivity contribution is 0.416. The van der Waals surface area contributed by atoms with Crippen LogP contribution < -0.4 is 10.5 Å². The SMILES string of the molecule is COc1cc(Br)ccc1-c1ccc(C(=N)N)cc1. The van der Waals surface area contributed by atoms with Crippen LogP contribution in [0.5, 0.6) is 5.75 Å². The van der Waals surface area contributed by atoms with Crippen molar-refractivity contribution in [1.29, 1.82) is 5.41 Å². The number of methoxy groups -OCH3 is 1. The average molecular weight is 305 g/mol. The molecule has 92 valence electrons. The van der Waals surface area contributed by atoms with Crippen LogP contribution in [0.3, 0.4) is 0 Å². The highest BCUT2D eigenvalue weighted by molar-refractivity contribution is 9.10. The van der Waals surface area contributed by atoms with E-state index in [1.165, 1.54) is 0 Å². The quantitative estimate of drug-likeness (QED) is 0.674. The zero-order valence-electron chi connectivity index (χ0n) is 9.91. The third-order valence-corrected chi connectivity index (χ3v) is 3.16. The summed E-state index contributed by atoms with van der Waals surface area (Å²) < 4.78 is 6.34. The van der Waals surface area contributed by atoms with Crippen LogP contribution >= 0.6 is 15.9 Å². The van der Waals surface area contributed by atoms with Crippen LogP contribution in [-0.2, 0) is 0 Å². The van der Waals surface area contributed by atoms with Gasteiger partial charge in [0.15, 0.2) is 0 Å². The summed E-state index contributed by atoms with van der Waals surface area (Å²) >= 11 is 3.42. The predicted molar refractivity (Wildman–Crippen MR) is 77.1 cm³/mol. The fourth-order valence-electron chi connectivity index (χ4n) is 1.73. The van der Waals surface area contributed by atoms with E-state index in [4.69, 9.17) is 15.9 Å². The van der Waals surface area contributed by atoms with Crippen molar-refractivity contribution in [2.45, 2.75) is 0 Å². The van der Waals surface area contributed by atoms with Gasteiger partial charge in [-0.05, 0) is 23.8 Å². The first kappa shape index (κ1) is 12.6. The van der Waals surface area contributed by atoms with Gasteiger partial charge in [-0.3, -0.25) is 5.41 Å². The Balaban J connectivity index is 2.45. The van der Waals surface area contributed by atoms with E-state index in [1.807, 2.05) is 42.5 Å². The van der Waals surface area contributed by atoms with Gasteiger partial charge >= 0.3 is 0 Å². The lowest BCUT2D eigenvalue weighted by Crippen LogP contribution is -2.10. The molecule has 18 heavy (non-hydrogen) atoms. The largest absolute Gasteiger partial charge is 0.496 e. The van der Waals surface area contributed by atoms with Gasteiger partial charge in [0.25, 0.3) is 0 Å². The summed E-state index contributed by atoms with van der Waals surface area (Å²) in [7, 11) is 1.65. The van der Waals surface area contributed by atoms with Gasteiger partial charge < -0.3 is 10.5 Å². The van der Waals surface area contributed by atoms with Crippen LogP contribution in [0.25, 0.3) is 11.1 Å². The van der Waals surface area contributed by atoms with Gasteiger partial charge in [0.1, 0.15) is 11.6 Å². The van der Waals surface area contributed by atoms with Crippen molar-refractivity contribution < 1.29 is 4.74 Å². The van der Waals surface area contributed by atoms with Crippen LogP contribution in [0.1, 0.15) is 5.56 Å². The van der Waals surface area contributed by atoms with E-state index in [1.54, 1.807) is 7.11 Å². The number of nitrogens with two attached hydrogens (primary N) is 1. The molecule has 2 rings (SSSR count). The predicted octanol–water partition coefficient (Wildman–Crippen LogP) is 3.41. The summed E-state index contributed by atoms with van der Waals surface area (Å²) in [5, 5.41) is 7.36. The minimum absolute atomic E-state index is 0.0734. The molecular formula is C14H13BrN2O. The molecule has 0 radical (unpaired) electrons. The summed E-state index contributed by atoms with van der Waals surface area (Å²) in [5.74, 6) is 0.879. The summed E-state index contributed by atoms with van der Waals surface area (Å²) in [6, 6.07) is 13.4. The van der Waals surface area contributed by atoms with E-state index in [-0.39, 0.29) is 5.84 Å². The molecule has 0 aliphatic rings. The number of amidine groups is 1. The smallest absolute Gasteiger partial charge is 0.127 e. The van der Waals surface area contributed by atoms with Gasteiger partial charge in [-0.1, -0.05) is 40.2 Å². The molecule has 0 aliphatic heterocycles. The van der Waals surface area contributed by atoms with Crippen LogP contribution in [-0.4, -0.2) is 12.9 Å². The second-order valence-electron chi connectivity index (χ2n) is 3.84. The Morgan fingerprint density at radius 3 is 2.39 bits per heavy atom. The van der Waals surface area contributed by atoms with Gasteiger partial charge in [0.05, 0.1) is 7.11 Å². The van der Waals surface area contributed by atoms with Crippen molar-refractivity contribution in [3.8, 4) is 16.9 Å². The van der Waals surface area contributed by atoms with Crippen molar-refractivity contribution in [3.63, 3.8) is 0 Å². The van der Waals surface area contributed by atoms with Crippen molar-refractivity contribution in [2.24, 2.45) is 5.73 Å². The second kappa shape index (κ2) is 5.23.